The van der Waals surface area contributed by atoms with E-state index in [1.807, 2.05) is 24.8 Å². The van der Waals surface area contributed by atoms with E-state index in [0.717, 1.165) is 18.4 Å². The van der Waals surface area contributed by atoms with Gasteiger partial charge in [-0.05, 0) is 56.9 Å². The molecular weight excluding hydrogens is 425 g/mol. The molecule has 2 aromatic rings. The SMILES string of the molecule is Bc1cc(C)cc(C2CCC3(C)OC4(CCN(C(=O)c5cc(C#N)ccc5C)CC4)C(=O)N23)c1. The number of carbonyl (C=O) groups is 2. The van der Waals surface area contributed by atoms with Gasteiger partial charge in [0.2, 0.25) is 0 Å². The fraction of sp³-hybridized carbons (Fsp3) is 0.444. The lowest BCUT2D eigenvalue weighted by molar-refractivity contribution is -0.148. The number of amides is 2. The molecule has 0 saturated carbocycles. The van der Waals surface area contributed by atoms with Crippen LogP contribution in [0.4, 0.5) is 0 Å². The van der Waals surface area contributed by atoms with Crippen LogP contribution in [-0.2, 0) is 9.53 Å². The second kappa shape index (κ2) is 7.99. The van der Waals surface area contributed by atoms with E-state index in [1.165, 1.54) is 16.6 Å². The van der Waals surface area contributed by atoms with E-state index >= 15 is 0 Å². The zero-order valence-electron chi connectivity index (χ0n) is 20.4. The Morgan fingerprint density at radius 3 is 2.56 bits per heavy atom. The zero-order valence-corrected chi connectivity index (χ0v) is 20.4. The smallest absolute Gasteiger partial charge is 0.257 e. The first-order valence-electron chi connectivity index (χ1n) is 12.1. The van der Waals surface area contributed by atoms with E-state index in [-0.39, 0.29) is 17.9 Å². The molecule has 7 heteroatoms. The summed E-state index contributed by atoms with van der Waals surface area (Å²) < 4.78 is 6.62. The van der Waals surface area contributed by atoms with Crippen LogP contribution in [0.25, 0.3) is 0 Å². The lowest BCUT2D eigenvalue weighted by atomic mass is 9.87. The van der Waals surface area contributed by atoms with Crippen LogP contribution in [0.5, 0.6) is 0 Å². The molecule has 2 aromatic carbocycles. The molecule has 0 N–H and O–H groups in total. The van der Waals surface area contributed by atoms with Gasteiger partial charge in [0.1, 0.15) is 13.6 Å². The number of aryl methyl sites for hydroxylation is 2. The van der Waals surface area contributed by atoms with Crippen LogP contribution in [0.3, 0.4) is 0 Å². The minimum atomic E-state index is -0.868. The van der Waals surface area contributed by atoms with Gasteiger partial charge in [0.25, 0.3) is 11.8 Å². The molecule has 0 aromatic heterocycles. The van der Waals surface area contributed by atoms with Crippen molar-refractivity contribution >= 4 is 25.1 Å². The number of likely N-dealkylation sites (tertiary alicyclic amines) is 1. The minimum absolute atomic E-state index is 0.0199. The molecule has 3 heterocycles. The number of nitrogens with zero attached hydrogens (tertiary/aromatic N) is 3. The molecule has 5 rings (SSSR count). The van der Waals surface area contributed by atoms with Gasteiger partial charge in [0, 0.05) is 31.5 Å². The fourth-order valence-electron chi connectivity index (χ4n) is 6.12. The monoisotopic (exact) mass is 455 g/mol. The fourth-order valence-corrected chi connectivity index (χ4v) is 6.12. The predicted octanol–water partition coefficient (Wildman–Crippen LogP) is 2.52. The van der Waals surface area contributed by atoms with Crippen LogP contribution in [0.1, 0.15) is 71.3 Å². The van der Waals surface area contributed by atoms with Crippen LogP contribution < -0.4 is 5.46 Å². The van der Waals surface area contributed by atoms with Crippen molar-refractivity contribution in [2.75, 3.05) is 13.1 Å². The molecule has 0 bridgehead atoms. The second-order valence-electron chi connectivity index (χ2n) is 10.4. The Kier molecular flexibility index (Phi) is 5.33. The summed E-state index contributed by atoms with van der Waals surface area (Å²) in [7, 11) is 2.09. The number of benzene rings is 2. The normalized spacial score (nSPS) is 25.5. The number of rotatable bonds is 2. The maximum Gasteiger partial charge on any atom is 0.257 e. The number of carbonyl (C=O) groups excluding carboxylic acids is 2. The van der Waals surface area contributed by atoms with Crippen LogP contribution in [0.15, 0.2) is 36.4 Å². The summed E-state index contributed by atoms with van der Waals surface area (Å²) >= 11 is 0. The van der Waals surface area contributed by atoms with E-state index in [0.29, 0.717) is 37.1 Å². The van der Waals surface area contributed by atoms with Crippen molar-refractivity contribution in [3.8, 4) is 6.07 Å². The van der Waals surface area contributed by atoms with Crippen LogP contribution >= 0.6 is 0 Å². The van der Waals surface area contributed by atoms with E-state index in [1.54, 1.807) is 17.0 Å². The Morgan fingerprint density at radius 1 is 1.15 bits per heavy atom. The Bertz CT molecular complexity index is 1210. The van der Waals surface area contributed by atoms with Crippen LogP contribution in [0, 0.1) is 25.2 Å². The predicted molar refractivity (Wildman–Crippen MR) is 131 cm³/mol. The maximum atomic E-state index is 13.9. The Labute approximate surface area is 201 Å². The number of fused-ring (bicyclic) bond motifs is 1. The molecule has 2 unspecified atom stereocenters. The Hall–Kier alpha value is -3.11. The van der Waals surface area contributed by atoms with E-state index in [4.69, 9.17) is 4.74 Å². The molecule has 0 aliphatic carbocycles. The van der Waals surface area contributed by atoms with Crippen molar-refractivity contribution in [3.05, 3.63) is 64.2 Å². The van der Waals surface area contributed by atoms with Gasteiger partial charge in [-0.25, -0.2) is 0 Å². The Balaban J connectivity index is 1.36. The quantitative estimate of drug-likeness (QED) is 0.653. The van der Waals surface area contributed by atoms with E-state index < -0.39 is 11.3 Å². The summed E-state index contributed by atoms with van der Waals surface area (Å²) in [6.07, 6.45) is 2.67. The summed E-state index contributed by atoms with van der Waals surface area (Å²) in [5.74, 6) is -0.0267. The lowest BCUT2D eigenvalue weighted by Crippen LogP contribution is -2.51. The molecular formula is C27H30BN3O3. The minimum Gasteiger partial charge on any atom is -0.339 e. The van der Waals surface area contributed by atoms with Gasteiger partial charge in [-0.2, -0.15) is 5.26 Å². The third kappa shape index (κ3) is 3.52. The third-order valence-electron chi connectivity index (χ3n) is 7.81. The number of hydrogen-bond donors (Lipinski definition) is 0. The molecule has 3 saturated heterocycles. The van der Waals surface area contributed by atoms with Crippen molar-refractivity contribution < 1.29 is 14.3 Å². The molecule has 3 fully saturated rings. The first kappa shape index (κ1) is 22.7. The standard InChI is InChI=1S/C27H30BN3O3/c1-17-12-20(15-21(28)13-17)23-6-7-26(3)31(23)25(33)27(34-26)8-10-30(11-9-27)24(32)22-14-19(16-29)5-4-18(22)2/h4-5,12-15,23H,6-11,28H2,1-3H3. The van der Waals surface area contributed by atoms with Gasteiger partial charge < -0.3 is 14.5 Å². The summed E-state index contributed by atoms with van der Waals surface area (Å²) in [5, 5.41) is 9.22. The number of ether oxygens (including phenoxy) is 1. The third-order valence-corrected chi connectivity index (χ3v) is 7.81. The Morgan fingerprint density at radius 2 is 1.88 bits per heavy atom. The number of piperidine rings is 1. The largest absolute Gasteiger partial charge is 0.339 e. The van der Waals surface area contributed by atoms with Gasteiger partial charge in [0.15, 0.2) is 5.60 Å². The molecule has 34 heavy (non-hydrogen) atoms. The van der Waals surface area contributed by atoms with Crippen molar-refractivity contribution in [2.24, 2.45) is 0 Å². The first-order chi connectivity index (χ1) is 16.2. The van der Waals surface area contributed by atoms with Crippen LogP contribution in [0.2, 0.25) is 0 Å². The summed E-state index contributed by atoms with van der Waals surface area (Å²) in [5.41, 5.74) is 3.98. The average molecular weight is 455 g/mol. The van der Waals surface area contributed by atoms with Gasteiger partial charge in [-0.15, -0.1) is 0 Å². The molecule has 6 nitrogen and oxygen atoms in total. The molecule has 3 aliphatic rings. The van der Waals surface area contributed by atoms with Crippen LogP contribution in [-0.4, -0.2) is 53.9 Å². The number of nitriles is 1. The highest BCUT2D eigenvalue weighted by molar-refractivity contribution is 6.32. The average Bonchev–Trinajstić information content (AvgIpc) is 3.24. The highest BCUT2D eigenvalue weighted by atomic mass is 16.6. The first-order valence-corrected chi connectivity index (χ1v) is 12.1. The zero-order chi connectivity index (χ0) is 24.3. The van der Waals surface area contributed by atoms with Crippen molar-refractivity contribution in [2.45, 2.75) is 63.8 Å². The van der Waals surface area contributed by atoms with Gasteiger partial charge in [-0.1, -0.05) is 35.3 Å². The van der Waals surface area contributed by atoms with Gasteiger partial charge >= 0.3 is 0 Å². The summed E-state index contributed by atoms with van der Waals surface area (Å²) in [4.78, 5) is 30.9. The molecule has 1 spiro atoms. The molecule has 0 radical (unpaired) electrons. The summed E-state index contributed by atoms with van der Waals surface area (Å²) in [6, 6.07) is 13.8. The van der Waals surface area contributed by atoms with E-state index in [2.05, 4.69) is 39.0 Å². The molecule has 3 aliphatic heterocycles. The van der Waals surface area contributed by atoms with Gasteiger partial charge in [-0.3, -0.25) is 9.59 Å². The second-order valence-corrected chi connectivity index (χ2v) is 10.4. The van der Waals surface area contributed by atoms with Gasteiger partial charge in [0.05, 0.1) is 17.7 Å². The van der Waals surface area contributed by atoms with Crippen molar-refractivity contribution in [3.63, 3.8) is 0 Å². The maximum absolute atomic E-state index is 13.9. The molecule has 2 amide bonds. The highest BCUT2D eigenvalue weighted by Gasteiger charge is 2.63. The number of hydrogen-bond acceptors (Lipinski definition) is 4. The summed E-state index contributed by atoms with van der Waals surface area (Å²) in [6.45, 7) is 6.93. The van der Waals surface area contributed by atoms with Crippen molar-refractivity contribution in [1.29, 1.82) is 5.26 Å². The van der Waals surface area contributed by atoms with Crippen molar-refractivity contribution in [1.82, 2.24) is 9.80 Å². The van der Waals surface area contributed by atoms with E-state index in [9.17, 15) is 14.9 Å². The lowest BCUT2D eigenvalue weighted by Gasteiger charge is -2.38. The topological polar surface area (TPSA) is 73.6 Å². The highest BCUT2D eigenvalue weighted by Crippen LogP contribution is 2.53. The molecule has 174 valence electrons. The molecule has 2 atom stereocenters.